The molecule has 0 unspecified atom stereocenters. The monoisotopic (exact) mass is 352 g/mol. The fourth-order valence-electron chi connectivity index (χ4n) is 1.84. The molecule has 2 rings (SSSR count). The van der Waals surface area contributed by atoms with Crippen LogP contribution < -0.4 is 4.74 Å². The zero-order chi connectivity index (χ0) is 16.7. The molecular formula is C16H14Cl2N2O3. The van der Waals surface area contributed by atoms with Crippen molar-refractivity contribution < 1.29 is 14.4 Å². The number of aromatic nitrogens is 1. The summed E-state index contributed by atoms with van der Waals surface area (Å²) in [4.78, 5) is 20.6. The van der Waals surface area contributed by atoms with E-state index in [1.807, 2.05) is 0 Å². The summed E-state index contributed by atoms with van der Waals surface area (Å²) in [5.41, 5.74) is 1.31. The van der Waals surface area contributed by atoms with E-state index >= 15 is 0 Å². The minimum absolute atomic E-state index is 0.136. The number of carbonyl (C=O) groups is 1. The van der Waals surface area contributed by atoms with E-state index in [9.17, 15) is 4.79 Å². The molecule has 5 nitrogen and oxygen atoms in total. The molecule has 0 aliphatic carbocycles. The maximum Gasteiger partial charge on any atom is 0.311 e. The molecule has 0 amide bonds. The van der Waals surface area contributed by atoms with Crippen molar-refractivity contribution in [2.45, 2.75) is 12.8 Å². The summed E-state index contributed by atoms with van der Waals surface area (Å²) in [5, 5.41) is 4.79. The number of halogens is 2. The summed E-state index contributed by atoms with van der Waals surface area (Å²) in [5.74, 6) is 0.0131. The number of esters is 1. The predicted octanol–water partition coefficient (Wildman–Crippen LogP) is 4.12. The first kappa shape index (κ1) is 17.2. The third-order valence-electron chi connectivity index (χ3n) is 2.89. The summed E-state index contributed by atoms with van der Waals surface area (Å²) >= 11 is 11.9. The molecule has 120 valence electrons. The van der Waals surface area contributed by atoms with Crippen molar-refractivity contribution in [1.29, 1.82) is 0 Å². The largest absolute Gasteiger partial charge is 0.425 e. The highest BCUT2D eigenvalue weighted by Gasteiger charge is 2.12. The lowest BCUT2D eigenvalue weighted by Crippen LogP contribution is -2.11. The first-order valence-corrected chi connectivity index (χ1v) is 7.52. The van der Waals surface area contributed by atoms with Gasteiger partial charge in [-0.05, 0) is 24.3 Å². The van der Waals surface area contributed by atoms with Crippen molar-refractivity contribution in [1.82, 2.24) is 4.98 Å². The smallest absolute Gasteiger partial charge is 0.311 e. The van der Waals surface area contributed by atoms with Crippen LogP contribution in [-0.2, 0) is 9.63 Å². The third kappa shape index (κ3) is 5.23. The SMILES string of the molecule is CO/N=C(/CCC(=O)Oc1cccnc1)c1ccc(Cl)c(Cl)c1. The molecule has 0 saturated heterocycles. The van der Waals surface area contributed by atoms with Crippen molar-refractivity contribution in [2.75, 3.05) is 7.11 Å². The standard InChI is InChI=1S/C16H14Cl2N2O3/c1-22-20-15(11-4-5-13(17)14(18)9-11)6-7-16(21)23-12-3-2-8-19-10-12/h2-5,8-10H,6-7H2,1H3/b20-15-. The minimum atomic E-state index is -0.387. The Kier molecular flexibility index (Phi) is 6.38. The van der Waals surface area contributed by atoms with E-state index in [2.05, 4.69) is 10.1 Å². The minimum Gasteiger partial charge on any atom is -0.425 e. The van der Waals surface area contributed by atoms with Crippen molar-refractivity contribution >= 4 is 34.9 Å². The Labute approximate surface area is 143 Å². The normalized spacial score (nSPS) is 11.2. The molecule has 0 radical (unpaired) electrons. The molecule has 0 fully saturated rings. The molecular weight excluding hydrogens is 339 g/mol. The maximum absolute atomic E-state index is 11.9. The molecule has 0 N–H and O–H groups in total. The van der Waals surface area contributed by atoms with E-state index in [0.29, 0.717) is 27.9 Å². The number of pyridine rings is 1. The Morgan fingerprint density at radius 2 is 2.04 bits per heavy atom. The van der Waals surface area contributed by atoms with Crippen molar-refractivity contribution in [3.8, 4) is 5.75 Å². The summed E-state index contributed by atoms with van der Waals surface area (Å²) in [6, 6.07) is 8.45. The van der Waals surface area contributed by atoms with Gasteiger partial charge in [0, 0.05) is 18.2 Å². The molecule has 0 bridgehead atoms. The number of carbonyl (C=O) groups excluding carboxylic acids is 1. The summed E-state index contributed by atoms with van der Waals surface area (Å²) in [7, 11) is 1.44. The van der Waals surface area contributed by atoms with Crippen LogP contribution in [0.25, 0.3) is 0 Å². The topological polar surface area (TPSA) is 60.8 Å². The van der Waals surface area contributed by atoms with Gasteiger partial charge in [0.2, 0.25) is 0 Å². The zero-order valence-electron chi connectivity index (χ0n) is 12.3. The van der Waals surface area contributed by atoms with Gasteiger partial charge in [-0.25, -0.2) is 0 Å². The second-order valence-corrected chi connectivity index (χ2v) is 5.33. The average Bonchev–Trinajstić information content (AvgIpc) is 2.55. The molecule has 1 aromatic carbocycles. The lowest BCUT2D eigenvalue weighted by molar-refractivity contribution is -0.134. The van der Waals surface area contributed by atoms with Crippen LogP contribution in [-0.4, -0.2) is 23.8 Å². The molecule has 0 spiro atoms. The Balaban J connectivity index is 2.01. The number of nitrogens with zero attached hydrogens (tertiary/aromatic N) is 2. The fourth-order valence-corrected chi connectivity index (χ4v) is 2.14. The highest BCUT2D eigenvalue weighted by Crippen LogP contribution is 2.24. The molecule has 0 saturated carbocycles. The predicted molar refractivity (Wildman–Crippen MR) is 89.1 cm³/mol. The summed E-state index contributed by atoms with van der Waals surface area (Å²) in [6.45, 7) is 0. The van der Waals surface area contributed by atoms with Gasteiger partial charge in [-0.1, -0.05) is 34.4 Å². The van der Waals surface area contributed by atoms with Crippen LogP contribution in [0.1, 0.15) is 18.4 Å². The quantitative estimate of drug-likeness (QED) is 0.445. The number of benzene rings is 1. The second kappa shape index (κ2) is 8.50. The highest BCUT2D eigenvalue weighted by atomic mass is 35.5. The second-order valence-electron chi connectivity index (χ2n) is 4.51. The Morgan fingerprint density at radius 3 is 2.70 bits per heavy atom. The van der Waals surface area contributed by atoms with E-state index in [1.54, 1.807) is 36.5 Å². The molecule has 7 heteroatoms. The Bertz CT molecular complexity index is 706. The van der Waals surface area contributed by atoms with E-state index in [0.717, 1.165) is 5.56 Å². The summed E-state index contributed by atoms with van der Waals surface area (Å²) in [6.07, 6.45) is 3.55. The zero-order valence-corrected chi connectivity index (χ0v) is 13.8. The average molecular weight is 353 g/mol. The number of hydrogen-bond acceptors (Lipinski definition) is 5. The van der Waals surface area contributed by atoms with Crippen molar-refractivity contribution in [3.05, 3.63) is 58.3 Å². The molecule has 1 aromatic heterocycles. The van der Waals surface area contributed by atoms with Crippen LogP contribution in [0.4, 0.5) is 0 Å². The Morgan fingerprint density at radius 1 is 1.22 bits per heavy atom. The van der Waals surface area contributed by atoms with Gasteiger partial charge in [0.15, 0.2) is 0 Å². The molecule has 0 aliphatic rings. The Hall–Kier alpha value is -2.11. The lowest BCUT2D eigenvalue weighted by Gasteiger charge is -2.07. The maximum atomic E-state index is 11.9. The van der Waals surface area contributed by atoms with Gasteiger partial charge in [0.25, 0.3) is 0 Å². The van der Waals surface area contributed by atoms with Crippen LogP contribution in [0.2, 0.25) is 10.0 Å². The van der Waals surface area contributed by atoms with Crippen LogP contribution in [0, 0.1) is 0 Å². The van der Waals surface area contributed by atoms with Gasteiger partial charge < -0.3 is 9.57 Å². The first-order valence-electron chi connectivity index (χ1n) is 6.76. The number of oxime groups is 1. The van der Waals surface area contributed by atoms with Gasteiger partial charge in [0.05, 0.1) is 28.4 Å². The molecule has 23 heavy (non-hydrogen) atoms. The van der Waals surface area contributed by atoms with Crippen molar-refractivity contribution in [2.24, 2.45) is 5.16 Å². The van der Waals surface area contributed by atoms with Gasteiger partial charge in [0.1, 0.15) is 12.9 Å². The highest BCUT2D eigenvalue weighted by molar-refractivity contribution is 6.42. The van der Waals surface area contributed by atoms with Gasteiger partial charge in [-0.2, -0.15) is 0 Å². The number of ether oxygens (including phenoxy) is 1. The number of rotatable bonds is 6. The van der Waals surface area contributed by atoms with E-state index < -0.39 is 0 Å². The van der Waals surface area contributed by atoms with E-state index in [1.165, 1.54) is 13.3 Å². The summed E-state index contributed by atoms with van der Waals surface area (Å²) < 4.78 is 5.18. The van der Waals surface area contributed by atoms with Crippen LogP contribution >= 0.6 is 23.2 Å². The van der Waals surface area contributed by atoms with Crippen LogP contribution in [0.3, 0.4) is 0 Å². The molecule has 0 atom stereocenters. The van der Waals surface area contributed by atoms with Crippen LogP contribution in [0.5, 0.6) is 5.75 Å². The molecule has 0 aliphatic heterocycles. The van der Waals surface area contributed by atoms with E-state index in [4.69, 9.17) is 32.8 Å². The number of hydrogen-bond donors (Lipinski definition) is 0. The lowest BCUT2D eigenvalue weighted by atomic mass is 10.1. The molecule has 1 heterocycles. The van der Waals surface area contributed by atoms with Gasteiger partial charge >= 0.3 is 5.97 Å². The third-order valence-corrected chi connectivity index (χ3v) is 3.63. The van der Waals surface area contributed by atoms with Crippen molar-refractivity contribution in [3.63, 3.8) is 0 Å². The van der Waals surface area contributed by atoms with Gasteiger partial charge in [-0.15, -0.1) is 0 Å². The molecule has 2 aromatic rings. The van der Waals surface area contributed by atoms with Gasteiger partial charge in [-0.3, -0.25) is 9.78 Å². The first-order chi connectivity index (χ1) is 11.1. The fraction of sp³-hybridized carbons (Fsp3) is 0.188. The van der Waals surface area contributed by atoms with Crippen LogP contribution in [0.15, 0.2) is 47.9 Å². The van der Waals surface area contributed by atoms with E-state index in [-0.39, 0.29) is 12.4 Å².